The van der Waals surface area contributed by atoms with Crippen molar-refractivity contribution in [2.45, 2.75) is 25.8 Å². The predicted molar refractivity (Wildman–Crippen MR) is 85.3 cm³/mol. The molecule has 0 saturated heterocycles. The van der Waals surface area contributed by atoms with Gasteiger partial charge in [0.2, 0.25) is 0 Å². The van der Waals surface area contributed by atoms with E-state index in [2.05, 4.69) is 48.0 Å². The quantitative estimate of drug-likeness (QED) is 0.705. The van der Waals surface area contributed by atoms with Crippen molar-refractivity contribution in [1.29, 1.82) is 0 Å². The molecule has 0 radical (unpaired) electrons. The van der Waals surface area contributed by atoms with Gasteiger partial charge in [-0.25, -0.2) is 0 Å². The molecule has 2 heterocycles. The van der Waals surface area contributed by atoms with E-state index < -0.39 is 0 Å². The maximum atomic E-state index is 5.45. The summed E-state index contributed by atoms with van der Waals surface area (Å²) >= 11 is 1.83. The van der Waals surface area contributed by atoms with Crippen LogP contribution >= 0.6 is 11.3 Å². The van der Waals surface area contributed by atoms with Crippen molar-refractivity contribution in [3.63, 3.8) is 0 Å². The molecule has 20 heavy (non-hydrogen) atoms. The molecule has 0 amide bonds. The van der Waals surface area contributed by atoms with Gasteiger partial charge >= 0.3 is 0 Å². The third-order valence-corrected chi connectivity index (χ3v) is 4.57. The van der Waals surface area contributed by atoms with Gasteiger partial charge in [0, 0.05) is 17.2 Å². The third-order valence-electron chi connectivity index (χ3n) is 3.59. The van der Waals surface area contributed by atoms with Gasteiger partial charge in [-0.15, -0.1) is 11.3 Å². The van der Waals surface area contributed by atoms with Crippen molar-refractivity contribution in [2.75, 3.05) is 6.54 Å². The summed E-state index contributed by atoms with van der Waals surface area (Å²) in [5.74, 6) is 1.06. The Morgan fingerprint density at radius 1 is 1.20 bits per heavy atom. The molecule has 0 saturated carbocycles. The number of aryl methyl sites for hydroxylation is 1. The molecule has 0 aliphatic carbocycles. The van der Waals surface area contributed by atoms with Gasteiger partial charge in [-0.1, -0.05) is 25.1 Å². The maximum absolute atomic E-state index is 5.45. The summed E-state index contributed by atoms with van der Waals surface area (Å²) in [4.78, 5) is 0. The normalized spacial score (nSPS) is 12.8. The summed E-state index contributed by atoms with van der Waals surface area (Å²) in [6.07, 6.45) is 3.77. The van der Waals surface area contributed by atoms with Crippen LogP contribution in [0.5, 0.6) is 0 Å². The number of fused-ring (bicyclic) bond motifs is 1. The Morgan fingerprint density at radius 2 is 2.15 bits per heavy atom. The minimum Gasteiger partial charge on any atom is -0.469 e. The van der Waals surface area contributed by atoms with Crippen LogP contribution in [0.25, 0.3) is 10.1 Å². The molecule has 0 aliphatic rings. The van der Waals surface area contributed by atoms with Crippen LogP contribution in [0, 0.1) is 0 Å². The van der Waals surface area contributed by atoms with Gasteiger partial charge in [-0.3, -0.25) is 0 Å². The number of hydrogen-bond acceptors (Lipinski definition) is 3. The molecule has 0 bridgehead atoms. The molecular formula is C17H19NOS. The summed E-state index contributed by atoms with van der Waals surface area (Å²) < 4.78 is 6.85. The highest BCUT2D eigenvalue weighted by Crippen LogP contribution is 2.31. The molecule has 2 aromatic heterocycles. The number of nitrogens with one attached hydrogen (secondary N) is 1. The number of thiophene rings is 1. The first-order valence-electron chi connectivity index (χ1n) is 7.10. The van der Waals surface area contributed by atoms with E-state index in [1.165, 1.54) is 15.6 Å². The number of benzene rings is 1. The Labute approximate surface area is 123 Å². The van der Waals surface area contributed by atoms with Gasteiger partial charge in [0.1, 0.15) is 5.76 Å². The van der Waals surface area contributed by atoms with Crippen molar-refractivity contribution < 1.29 is 4.42 Å². The van der Waals surface area contributed by atoms with Crippen molar-refractivity contribution >= 4 is 21.4 Å². The Bertz CT molecular complexity index is 657. The zero-order valence-electron chi connectivity index (χ0n) is 11.6. The molecule has 1 aromatic carbocycles. The highest BCUT2D eigenvalue weighted by molar-refractivity contribution is 7.17. The molecular weight excluding hydrogens is 266 g/mol. The summed E-state index contributed by atoms with van der Waals surface area (Å²) in [6, 6.07) is 13.2. The van der Waals surface area contributed by atoms with E-state index in [1.807, 2.05) is 17.4 Å². The van der Waals surface area contributed by atoms with Crippen LogP contribution in [-0.4, -0.2) is 6.54 Å². The monoisotopic (exact) mass is 285 g/mol. The van der Waals surface area contributed by atoms with Crippen LogP contribution in [-0.2, 0) is 6.42 Å². The molecule has 1 N–H and O–H groups in total. The maximum Gasteiger partial charge on any atom is 0.103 e. The van der Waals surface area contributed by atoms with E-state index >= 15 is 0 Å². The largest absolute Gasteiger partial charge is 0.469 e. The number of rotatable bonds is 6. The van der Waals surface area contributed by atoms with Crippen LogP contribution in [0.3, 0.4) is 0 Å². The summed E-state index contributed by atoms with van der Waals surface area (Å²) in [6.45, 7) is 3.14. The summed E-state index contributed by atoms with van der Waals surface area (Å²) in [5, 5.41) is 7.12. The lowest BCUT2D eigenvalue weighted by atomic mass is 10.00. The Morgan fingerprint density at radius 3 is 2.95 bits per heavy atom. The van der Waals surface area contributed by atoms with E-state index in [4.69, 9.17) is 4.42 Å². The van der Waals surface area contributed by atoms with Gasteiger partial charge in [-0.2, -0.15) is 0 Å². The number of hydrogen-bond donors (Lipinski definition) is 1. The first kappa shape index (κ1) is 13.4. The van der Waals surface area contributed by atoms with Gasteiger partial charge in [0.15, 0.2) is 0 Å². The minimum absolute atomic E-state index is 0.382. The average molecular weight is 285 g/mol. The molecule has 0 spiro atoms. The molecule has 1 unspecified atom stereocenters. The van der Waals surface area contributed by atoms with Gasteiger partial charge in [0.25, 0.3) is 0 Å². The fourth-order valence-corrected chi connectivity index (χ4v) is 3.62. The first-order valence-corrected chi connectivity index (χ1v) is 7.98. The topological polar surface area (TPSA) is 25.2 Å². The molecule has 3 rings (SSSR count). The molecule has 2 nitrogen and oxygen atoms in total. The molecule has 1 atom stereocenters. The fourth-order valence-electron chi connectivity index (χ4n) is 2.65. The smallest absolute Gasteiger partial charge is 0.103 e. The second kappa shape index (κ2) is 6.25. The number of furan rings is 1. The van der Waals surface area contributed by atoms with Crippen molar-refractivity contribution in [3.05, 3.63) is 59.4 Å². The Kier molecular flexibility index (Phi) is 4.19. The fraction of sp³-hybridized carbons (Fsp3) is 0.294. The SMILES string of the molecule is CCNC(CCc1ccco1)c1cccc2ccsc12. The van der Waals surface area contributed by atoms with Gasteiger partial charge in [-0.05, 0) is 47.5 Å². The van der Waals surface area contributed by atoms with E-state index in [0.29, 0.717) is 6.04 Å². The van der Waals surface area contributed by atoms with Gasteiger partial charge < -0.3 is 9.73 Å². The lowest BCUT2D eigenvalue weighted by Crippen LogP contribution is -2.21. The highest BCUT2D eigenvalue weighted by atomic mass is 32.1. The second-order valence-electron chi connectivity index (χ2n) is 4.91. The third kappa shape index (κ3) is 2.79. The molecule has 0 fully saturated rings. The zero-order valence-corrected chi connectivity index (χ0v) is 12.5. The van der Waals surface area contributed by atoms with E-state index in [0.717, 1.165) is 25.1 Å². The molecule has 104 valence electrons. The van der Waals surface area contributed by atoms with Crippen LogP contribution in [0.15, 0.2) is 52.5 Å². The van der Waals surface area contributed by atoms with Gasteiger partial charge in [0.05, 0.1) is 6.26 Å². The van der Waals surface area contributed by atoms with E-state index in [9.17, 15) is 0 Å². The lowest BCUT2D eigenvalue weighted by Gasteiger charge is -2.18. The predicted octanol–water partition coefficient (Wildman–Crippen LogP) is 4.78. The summed E-state index contributed by atoms with van der Waals surface area (Å²) in [5.41, 5.74) is 1.41. The highest BCUT2D eigenvalue weighted by Gasteiger charge is 2.14. The molecule has 3 aromatic rings. The van der Waals surface area contributed by atoms with E-state index in [-0.39, 0.29) is 0 Å². The first-order chi connectivity index (χ1) is 9.88. The van der Waals surface area contributed by atoms with Crippen LogP contribution in [0.4, 0.5) is 0 Å². The Balaban J connectivity index is 1.84. The van der Waals surface area contributed by atoms with Crippen molar-refractivity contribution in [1.82, 2.24) is 5.32 Å². The Hall–Kier alpha value is -1.58. The minimum atomic E-state index is 0.382. The molecule has 0 aliphatic heterocycles. The van der Waals surface area contributed by atoms with E-state index in [1.54, 1.807) is 6.26 Å². The zero-order chi connectivity index (χ0) is 13.8. The summed E-state index contributed by atoms with van der Waals surface area (Å²) in [7, 11) is 0. The molecule has 3 heteroatoms. The van der Waals surface area contributed by atoms with Crippen LogP contribution in [0.2, 0.25) is 0 Å². The van der Waals surface area contributed by atoms with Crippen molar-refractivity contribution in [3.8, 4) is 0 Å². The standard InChI is InChI=1S/C17H19NOS/c1-2-18-16(9-8-14-6-4-11-19-14)15-7-3-5-13-10-12-20-17(13)15/h3-7,10-12,16,18H,2,8-9H2,1H3. The van der Waals surface area contributed by atoms with Crippen LogP contribution < -0.4 is 5.32 Å². The average Bonchev–Trinajstić information content (AvgIpc) is 3.13. The lowest BCUT2D eigenvalue weighted by molar-refractivity contribution is 0.460. The second-order valence-corrected chi connectivity index (χ2v) is 5.83. The van der Waals surface area contributed by atoms with Crippen molar-refractivity contribution in [2.24, 2.45) is 0 Å². The van der Waals surface area contributed by atoms with Crippen LogP contribution in [0.1, 0.15) is 30.7 Å².